The molecule has 3 nitrogen and oxygen atoms in total. The summed E-state index contributed by atoms with van der Waals surface area (Å²) in [5, 5.41) is 9.04. The minimum atomic E-state index is -0.674. The van der Waals surface area contributed by atoms with Crippen molar-refractivity contribution < 1.29 is 9.90 Å². The van der Waals surface area contributed by atoms with E-state index < -0.39 is 11.4 Å². The Kier molecular flexibility index (Phi) is 6.13. The standard InChI is InChI=1S/C15H29NO2/c1-4-7-13-8-11-16(12-13)10-6-5-9-15(2,3)14(17)18/h13H,4-12H2,1-3H3,(H,17,18). The molecule has 0 amide bonds. The second-order valence-electron chi connectivity index (χ2n) is 6.39. The van der Waals surface area contributed by atoms with Crippen molar-refractivity contribution in [3.8, 4) is 0 Å². The zero-order chi connectivity index (χ0) is 13.6. The minimum Gasteiger partial charge on any atom is -0.481 e. The highest BCUT2D eigenvalue weighted by Crippen LogP contribution is 2.25. The van der Waals surface area contributed by atoms with Gasteiger partial charge in [0.15, 0.2) is 0 Å². The van der Waals surface area contributed by atoms with E-state index in [-0.39, 0.29) is 0 Å². The van der Waals surface area contributed by atoms with Crippen molar-refractivity contribution in [1.29, 1.82) is 0 Å². The molecule has 0 bridgehead atoms. The number of carbonyl (C=O) groups is 1. The molecule has 0 radical (unpaired) electrons. The summed E-state index contributed by atoms with van der Waals surface area (Å²) < 4.78 is 0. The fourth-order valence-electron chi connectivity index (χ4n) is 2.77. The molecule has 1 aliphatic heterocycles. The van der Waals surface area contributed by atoms with Crippen LogP contribution in [0.15, 0.2) is 0 Å². The van der Waals surface area contributed by atoms with Crippen LogP contribution in [-0.2, 0) is 4.79 Å². The molecule has 106 valence electrons. The van der Waals surface area contributed by atoms with E-state index in [0.717, 1.165) is 31.7 Å². The maximum absolute atomic E-state index is 11.0. The molecule has 0 saturated carbocycles. The van der Waals surface area contributed by atoms with Gasteiger partial charge >= 0.3 is 5.97 Å². The lowest BCUT2D eigenvalue weighted by Crippen LogP contribution is -2.25. The number of aliphatic carboxylic acids is 1. The normalized spacial score (nSPS) is 21.4. The number of carboxylic acid groups (broad SMARTS) is 1. The molecule has 1 N–H and O–H groups in total. The summed E-state index contributed by atoms with van der Waals surface area (Å²) in [5.41, 5.74) is -0.560. The highest BCUT2D eigenvalue weighted by Gasteiger charge is 2.26. The van der Waals surface area contributed by atoms with Crippen LogP contribution in [0, 0.1) is 11.3 Å². The Morgan fingerprint density at radius 1 is 1.39 bits per heavy atom. The van der Waals surface area contributed by atoms with Gasteiger partial charge in [0.05, 0.1) is 5.41 Å². The second kappa shape index (κ2) is 7.13. The zero-order valence-electron chi connectivity index (χ0n) is 12.2. The Morgan fingerprint density at radius 3 is 2.72 bits per heavy atom. The Balaban J connectivity index is 2.11. The molecule has 18 heavy (non-hydrogen) atoms. The van der Waals surface area contributed by atoms with Crippen LogP contribution in [0.5, 0.6) is 0 Å². The van der Waals surface area contributed by atoms with E-state index in [1.54, 1.807) is 0 Å². The van der Waals surface area contributed by atoms with Crippen LogP contribution in [0.2, 0.25) is 0 Å². The number of rotatable bonds is 8. The summed E-state index contributed by atoms with van der Waals surface area (Å²) in [6.07, 6.45) is 6.96. The Bertz CT molecular complexity index is 263. The van der Waals surface area contributed by atoms with E-state index in [9.17, 15) is 4.79 Å². The van der Waals surface area contributed by atoms with Crippen LogP contribution in [0.3, 0.4) is 0 Å². The number of hydrogen-bond acceptors (Lipinski definition) is 2. The van der Waals surface area contributed by atoms with Crippen molar-refractivity contribution >= 4 is 5.97 Å². The van der Waals surface area contributed by atoms with Gasteiger partial charge < -0.3 is 10.0 Å². The first-order valence-corrected chi connectivity index (χ1v) is 7.41. The third-order valence-electron chi connectivity index (χ3n) is 4.17. The van der Waals surface area contributed by atoms with E-state index >= 15 is 0 Å². The largest absolute Gasteiger partial charge is 0.481 e. The van der Waals surface area contributed by atoms with Crippen LogP contribution >= 0.6 is 0 Å². The average molecular weight is 255 g/mol. The van der Waals surface area contributed by atoms with E-state index in [1.165, 1.54) is 32.4 Å². The quantitative estimate of drug-likeness (QED) is 0.676. The van der Waals surface area contributed by atoms with Crippen LogP contribution in [0.25, 0.3) is 0 Å². The first-order chi connectivity index (χ1) is 8.45. The molecule has 1 aliphatic rings. The van der Waals surface area contributed by atoms with E-state index in [0.29, 0.717) is 0 Å². The lowest BCUT2D eigenvalue weighted by Gasteiger charge is -2.20. The van der Waals surface area contributed by atoms with Crippen molar-refractivity contribution in [3.63, 3.8) is 0 Å². The molecule has 0 aliphatic carbocycles. The lowest BCUT2D eigenvalue weighted by molar-refractivity contribution is -0.147. The number of carboxylic acids is 1. The van der Waals surface area contributed by atoms with Crippen molar-refractivity contribution in [2.45, 2.75) is 59.3 Å². The third-order valence-corrected chi connectivity index (χ3v) is 4.17. The molecule has 1 unspecified atom stereocenters. The van der Waals surface area contributed by atoms with E-state index in [1.807, 2.05) is 13.8 Å². The summed E-state index contributed by atoms with van der Waals surface area (Å²) in [4.78, 5) is 13.5. The fourth-order valence-corrected chi connectivity index (χ4v) is 2.77. The monoisotopic (exact) mass is 255 g/mol. The van der Waals surface area contributed by atoms with Crippen LogP contribution < -0.4 is 0 Å². The van der Waals surface area contributed by atoms with Gasteiger partial charge in [0.1, 0.15) is 0 Å². The van der Waals surface area contributed by atoms with Gasteiger partial charge in [0.2, 0.25) is 0 Å². The van der Waals surface area contributed by atoms with Gasteiger partial charge in [-0.05, 0) is 58.5 Å². The third kappa shape index (κ3) is 4.97. The molecule has 3 heteroatoms. The lowest BCUT2D eigenvalue weighted by atomic mass is 9.87. The second-order valence-corrected chi connectivity index (χ2v) is 6.39. The van der Waals surface area contributed by atoms with Crippen molar-refractivity contribution in [1.82, 2.24) is 4.90 Å². The van der Waals surface area contributed by atoms with Gasteiger partial charge in [-0.2, -0.15) is 0 Å². The van der Waals surface area contributed by atoms with Gasteiger partial charge in [0, 0.05) is 6.54 Å². The molecule has 0 aromatic heterocycles. The van der Waals surface area contributed by atoms with Gasteiger partial charge in [0.25, 0.3) is 0 Å². The van der Waals surface area contributed by atoms with Gasteiger partial charge in [-0.15, -0.1) is 0 Å². The average Bonchev–Trinajstić information content (AvgIpc) is 2.73. The topological polar surface area (TPSA) is 40.5 Å². The van der Waals surface area contributed by atoms with Gasteiger partial charge in [-0.3, -0.25) is 4.79 Å². The molecule has 0 spiro atoms. The molecule has 1 rings (SSSR count). The maximum Gasteiger partial charge on any atom is 0.309 e. The van der Waals surface area contributed by atoms with Crippen molar-refractivity contribution in [2.75, 3.05) is 19.6 Å². The highest BCUT2D eigenvalue weighted by atomic mass is 16.4. The molecule has 1 saturated heterocycles. The molecule has 1 fully saturated rings. The Morgan fingerprint density at radius 2 is 2.11 bits per heavy atom. The van der Waals surface area contributed by atoms with E-state index in [4.69, 9.17) is 5.11 Å². The van der Waals surface area contributed by atoms with Crippen LogP contribution in [0.4, 0.5) is 0 Å². The predicted octanol–water partition coefficient (Wildman–Crippen LogP) is 3.39. The number of unbranched alkanes of at least 4 members (excludes halogenated alkanes) is 1. The molecular formula is C15H29NO2. The Hall–Kier alpha value is -0.570. The highest BCUT2D eigenvalue weighted by molar-refractivity contribution is 5.73. The van der Waals surface area contributed by atoms with Crippen LogP contribution in [-0.4, -0.2) is 35.6 Å². The van der Waals surface area contributed by atoms with Crippen molar-refractivity contribution in [2.24, 2.45) is 11.3 Å². The number of nitrogens with zero attached hydrogens (tertiary/aromatic N) is 1. The summed E-state index contributed by atoms with van der Waals surface area (Å²) in [6, 6.07) is 0. The summed E-state index contributed by atoms with van der Waals surface area (Å²) >= 11 is 0. The first kappa shape index (κ1) is 15.5. The summed E-state index contributed by atoms with van der Waals surface area (Å²) in [5.74, 6) is 0.233. The zero-order valence-corrected chi connectivity index (χ0v) is 12.2. The molecular weight excluding hydrogens is 226 g/mol. The maximum atomic E-state index is 11.0. The molecule has 0 aromatic rings. The predicted molar refractivity (Wildman–Crippen MR) is 74.7 cm³/mol. The van der Waals surface area contributed by atoms with Crippen molar-refractivity contribution in [3.05, 3.63) is 0 Å². The fraction of sp³-hybridized carbons (Fsp3) is 0.933. The molecule has 0 aromatic carbocycles. The first-order valence-electron chi connectivity index (χ1n) is 7.41. The molecule has 1 atom stereocenters. The van der Waals surface area contributed by atoms with E-state index in [2.05, 4.69) is 11.8 Å². The number of hydrogen-bond donors (Lipinski definition) is 1. The van der Waals surface area contributed by atoms with Crippen LogP contribution in [0.1, 0.15) is 59.3 Å². The van der Waals surface area contributed by atoms with Gasteiger partial charge in [-0.1, -0.05) is 19.8 Å². The summed E-state index contributed by atoms with van der Waals surface area (Å²) in [6.45, 7) is 9.56. The summed E-state index contributed by atoms with van der Waals surface area (Å²) in [7, 11) is 0. The Labute approximate surface area is 112 Å². The number of likely N-dealkylation sites (tertiary alicyclic amines) is 1. The smallest absolute Gasteiger partial charge is 0.309 e. The van der Waals surface area contributed by atoms with Gasteiger partial charge in [-0.25, -0.2) is 0 Å². The SMILES string of the molecule is CCCC1CCN(CCCCC(C)(C)C(=O)O)C1. The minimum absolute atomic E-state index is 0.560. The molecule has 1 heterocycles.